The Labute approximate surface area is 126 Å². The van der Waals surface area contributed by atoms with E-state index in [9.17, 15) is 9.59 Å². The van der Waals surface area contributed by atoms with E-state index in [1.165, 1.54) is 10.6 Å². The minimum absolute atomic E-state index is 0.0182. The molecule has 0 aliphatic carbocycles. The minimum Gasteiger partial charge on any atom is -0.345 e. The number of nitrogens with one attached hydrogen (secondary N) is 1. The van der Waals surface area contributed by atoms with Gasteiger partial charge in [-0.05, 0) is 36.8 Å². The van der Waals surface area contributed by atoms with E-state index in [1.54, 1.807) is 36.8 Å². The number of amides is 1. The largest absolute Gasteiger partial charge is 0.345 e. The van der Waals surface area contributed by atoms with Crippen molar-refractivity contribution in [3.8, 4) is 0 Å². The Morgan fingerprint density at radius 1 is 1.23 bits per heavy atom. The van der Waals surface area contributed by atoms with Gasteiger partial charge in [0, 0.05) is 24.8 Å². The molecule has 22 heavy (non-hydrogen) atoms. The van der Waals surface area contributed by atoms with Gasteiger partial charge in [-0.25, -0.2) is 4.98 Å². The van der Waals surface area contributed by atoms with Crippen LogP contribution in [0, 0.1) is 0 Å². The Bertz CT molecular complexity index is 874. The SMILES string of the molecule is CC(NC(=O)c1cnc2ccccn2c1=O)c1ccncc1. The van der Waals surface area contributed by atoms with Gasteiger partial charge in [0.1, 0.15) is 11.2 Å². The van der Waals surface area contributed by atoms with Gasteiger partial charge in [-0.3, -0.25) is 19.0 Å². The van der Waals surface area contributed by atoms with Crippen LogP contribution in [0.4, 0.5) is 0 Å². The molecule has 0 saturated heterocycles. The molecule has 0 aromatic carbocycles. The Morgan fingerprint density at radius 3 is 2.77 bits per heavy atom. The van der Waals surface area contributed by atoms with E-state index in [0.29, 0.717) is 5.65 Å². The number of aromatic nitrogens is 3. The van der Waals surface area contributed by atoms with Gasteiger partial charge in [-0.1, -0.05) is 6.07 Å². The fourth-order valence-corrected chi connectivity index (χ4v) is 2.19. The molecule has 0 fully saturated rings. The fraction of sp³-hybridized carbons (Fsp3) is 0.125. The molecule has 6 heteroatoms. The van der Waals surface area contributed by atoms with E-state index >= 15 is 0 Å². The molecule has 110 valence electrons. The molecule has 1 unspecified atom stereocenters. The first kappa shape index (κ1) is 13.9. The molecule has 1 N–H and O–H groups in total. The summed E-state index contributed by atoms with van der Waals surface area (Å²) in [5.74, 6) is -0.444. The summed E-state index contributed by atoms with van der Waals surface area (Å²) in [6.45, 7) is 1.85. The van der Waals surface area contributed by atoms with Crippen LogP contribution in [0.3, 0.4) is 0 Å². The minimum atomic E-state index is -0.444. The third-order valence-electron chi connectivity index (χ3n) is 3.41. The van der Waals surface area contributed by atoms with Gasteiger partial charge < -0.3 is 5.32 Å². The Hall–Kier alpha value is -3.02. The lowest BCUT2D eigenvalue weighted by Crippen LogP contribution is -2.33. The maximum Gasteiger partial charge on any atom is 0.270 e. The van der Waals surface area contributed by atoms with Gasteiger partial charge in [0.2, 0.25) is 0 Å². The lowest BCUT2D eigenvalue weighted by atomic mass is 10.1. The monoisotopic (exact) mass is 294 g/mol. The van der Waals surface area contributed by atoms with Crippen molar-refractivity contribution in [2.75, 3.05) is 0 Å². The molecule has 0 saturated carbocycles. The van der Waals surface area contributed by atoms with Crippen LogP contribution in [-0.4, -0.2) is 20.3 Å². The lowest BCUT2D eigenvalue weighted by molar-refractivity contribution is 0.0938. The summed E-state index contributed by atoms with van der Waals surface area (Å²) in [5, 5.41) is 2.80. The summed E-state index contributed by atoms with van der Waals surface area (Å²) >= 11 is 0. The molecule has 1 amide bonds. The van der Waals surface area contributed by atoms with Gasteiger partial charge >= 0.3 is 0 Å². The highest BCUT2D eigenvalue weighted by atomic mass is 16.2. The van der Waals surface area contributed by atoms with Gasteiger partial charge in [-0.15, -0.1) is 0 Å². The highest BCUT2D eigenvalue weighted by Crippen LogP contribution is 2.10. The molecule has 3 aromatic heterocycles. The Kier molecular flexibility index (Phi) is 3.65. The second-order valence-electron chi connectivity index (χ2n) is 4.88. The number of carbonyl (C=O) groups excluding carboxylic acids is 1. The van der Waals surface area contributed by atoms with Crippen molar-refractivity contribution in [1.82, 2.24) is 19.7 Å². The third-order valence-corrected chi connectivity index (χ3v) is 3.41. The molecule has 0 aliphatic rings. The first-order valence-corrected chi connectivity index (χ1v) is 6.84. The van der Waals surface area contributed by atoms with E-state index < -0.39 is 5.91 Å². The van der Waals surface area contributed by atoms with Gasteiger partial charge in [-0.2, -0.15) is 0 Å². The maximum atomic E-state index is 12.3. The number of nitrogens with zero attached hydrogens (tertiary/aromatic N) is 3. The molecule has 3 aromatic rings. The van der Waals surface area contributed by atoms with E-state index in [0.717, 1.165) is 5.56 Å². The average molecular weight is 294 g/mol. The van der Waals surface area contributed by atoms with Gasteiger partial charge in [0.25, 0.3) is 11.5 Å². The smallest absolute Gasteiger partial charge is 0.270 e. The Morgan fingerprint density at radius 2 is 2.00 bits per heavy atom. The van der Waals surface area contributed by atoms with Crippen LogP contribution in [0.25, 0.3) is 5.65 Å². The van der Waals surface area contributed by atoms with Crippen LogP contribution >= 0.6 is 0 Å². The van der Waals surface area contributed by atoms with E-state index in [4.69, 9.17) is 0 Å². The topological polar surface area (TPSA) is 76.4 Å². The predicted octanol–water partition coefficient (Wildman–Crippen LogP) is 1.58. The second kappa shape index (κ2) is 5.77. The molecular formula is C16H14N4O2. The number of carbonyl (C=O) groups is 1. The summed E-state index contributed by atoms with van der Waals surface area (Å²) in [5.41, 5.74) is 1.05. The summed E-state index contributed by atoms with van der Waals surface area (Å²) < 4.78 is 1.35. The zero-order chi connectivity index (χ0) is 15.5. The van der Waals surface area contributed by atoms with E-state index in [2.05, 4.69) is 15.3 Å². The first-order chi connectivity index (χ1) is 10.7. The second-order valence-corrected chi connectivity index (χ2v) is 4.88. The predicted molar refractivity (Wildman–Crippen MR) is 81.6 cm³/mol. The lowest BCUT2D eigenvalue weighted by Gasteiger charge is -2.13. The van der Waals surface area contributed by atoms with Gasteiger partial charge in [0.15, 0.2) is 0 Å². The summed E-state index contributed by atoms with van der Waals surface area (Å²) in [6.07, 6.45) is 6.22. The van der Waals surface area contributed by atoms with Crippen LogP contribution < -0.4 is 10.9 Å². The first-order valence-electron chi connectivity index (χ1n) is 6.84. The zero-order valence-electron chi connectivity index (χ0n) is 11.9. The molecule has 0 aliphatic heterocycles. The number of hydrogen-bond donors (Lipinski definition) is 1. The van der Waals surface area contributed by atoms with Crippen molar-refractivity contribution < 1.29 is 4.79 Å². The van der Waals surface area contributed by atoms with Crippen molar-refractivity contribution in [2.24, 2.45) is 0 Å². The van der Waals surface area contributed by atoms with Crippen LogP contribution in [0.15, 0.2) is 59.9 Å². The van der Waals surface area contributed by atoms with Crippen molar-refractivity contribution in [2.45, 2.75) is 13.0 Å². The summed E-state index contributed by atoms with van der Waals surface area (Å²) in [7, 11) is 0. The van der Waals surface area contributed by atoms with Crippen LogP contribution in [0.1, 0.15) is 28.9 Å². The van der Waals surface area contributed by atoms with Crippen molar-refractivity contribution in [3.63, 3.8) is 0 Å². The van der Waals surface area contributed by atoms with Crippen molar-refractivity contribution in [3.05, 3.63) is 76.6 Å². The molecule has 3 heterocycles. The van der Waals surface area contributed by atoms with Crippen LogP contribution in [0.5, 0.6) is 0 Å². The molecule has 3 rings (SSSR count). The van der Waals surface area contributed by atoms with Crippen LogP contribution in [0.2, 0.25) is 0 Å². The molecule has 1 atom stereocenters. The van der Waals surface area contributed by atoms with E-state index in [1.807, 2.05) is 19.1 Å². The average Bonchev–Trinajstić information content (AvgIpc) is 2.56. The number of hydrogen-bond acceptors (Lipinski definition) is 4. The molecule has 0 spiro atoms. The normalized spacial score (nSPS) is 12.0. The van der Waals surface area contributed by atoms with Gasteiger partial charge in [0.05, 0.1) is 6.04 Å². The van der Waals surface area contributed by atoms with Crippen LogP contribution in [-0.2, 0) is 0 Å². The highest BCUT2D eigenvalue weighted by molar-refractivity contribution is 5.94. The Balaban J connectivity index is 1.90. The molecule has 0 radical (unpaired) electrons. The fourth-order valence-electron chi connectivity index (χ4n) is 2.19. The van der Waals surface area contributed by atoms with E-state index in [-0.39, 0.29) is 17.2 Å². The number of fused-ring (bicyclic) bond motifs is 1. The molecule has 6 nitrogen and oxygen atoms in total. The highest BCUT2D eigenvalue weighted by Gasteiger charge is 2.16. The quantitative estimate of drug-likeness (QED) is 0.795. The maximum absolute atomic E-state index is 12.3. The summed E-state index contributed by atoms with van der Waals surface area (Å²) in [4.78, 5) is 32.7. The number of pyridine rings is 2. The van der Waals surface area contributed by atoms with Crippen molar-refractivity contribution in [1.29, 1.82) is 0 Å². The van der Waals surface area contributed by atoms with Crippen molar-refractivity contribution >= 4 is 11.6 Å². The third kappa shape index (κ3) is 2.58. The molecular weight excluding hydrogens is 280 g/mol. The standard InChI is InChI=1S/C16H14N4O2/c1-11(12-5-7-17-8-6-12)19-15(21)13-10-18-14-4-2-3-9-20(14)16(13)22/h2-11H,1H3,(H,19,21). The molecule has 0 bridgehead atoms. The summed E-state index contributed by atoms with van der Waals surface area (Å²) in [6, 6.07) is 8.62. The zero-order valence-corrected chi connectivity index (χ0v) is 11.9. The number of rotatable bonds is 3.